The average Bonchev–Trinajstić information content (AvgIpc) is 3.14. The number of hydrogen-bond acceptors (Lipinski definition) is 6. The molecule has 164 valence electrons. The largest absolute Gasteiger partial charge is 0.380 e. The van der Waals surface area contributed by atoms with Gasteiger partial charge >= 0.3 is 0 Å². The van der Waals surface area contributed by atoms with Gasteiger partial charge in [-0.25, -0.2) is 17.8 Å². The quantitative estimate of drug-likeness (QED) is 0.640. The molecule has 4 rings (SSSR count). The van der Waals surface area contributed by atoms with E-state index in [9.17, 15) is 8.42 Å². The number of aromatic nitrogens is 1. The van der Waals surface area contributed by atoms with E-state index in [1.54, 1.807) is 5.38 Å². The zero-order chi connectivity index (χ0) is 21.3. The van der Waals surface area contributed by atoms with E-state index in [0.29, 0.717) is 6.04 Å². The van der Waals surface area contributed by atoms with Crippen LogP contribution in [-0.4, -0.2) is 44.5 Å². The fraction of sp³-hybridized carbons (Fsp3) is 0.571. The van der Waals surface area contributed by atoms with Crippen molar-refractivity contribution in [1.82, 2.24) is 9.88 Å². The molecule has 9 heteroatoms. The molecule has 0 spiro atoms. The minimum Gasteiger partial charge on any atom is -0.380 e. The Morgan fingerprint density at radius 1 is 1.13 bits per heavy atom. The summed E-state index contributed by atoms with van der Waals surface area (Å²) in [5.74, 6) is -0.467. The Morgan fingerprint density at radius 3 is 2.53 bits per heavy atom. The maximum absolute atomic E-state index is 15.1. The van der Waals surface area contributed by atoms with Crippen molar-refractivity contribution in [3.05, 3.63) is 35.1 Å². The van der Waals surface area contributed by atoms with Crippen molar-refractivity contribution in [2.45, 2.75) is 67.8 Å². The van der Waals surface area contributed by atoms with Crippen molar-refractivity contribution >= 4 is 32.2 Å². The normalized spacial score (nSPS) is 22.7. The molecule has 2 saturated carbocycles. The highest BCUT2D eigenvalue weighted by Crippen LogP contribution is 2.42. The molecule has 0 bridgehead atoms. The summed E-state index contributed by atoms with van der Waals surface area (Å²) in [6.07, 6.45) is 9.11. The first-order valence-corrected chi connectivity index (χ1v) is 12.9. The van der Waals surface area contributed by atoms with Gasteiger partial charge in [0.1, 0.15) is 10.7 Å². The summed E-state index contributed by atoms with van der Waals surface area (Å²) in [5, 5.41) is 5.49. The second-order valence-corrected chi connectivity index (χ2v) is 11.1. The van der Waals surface area contributed by atoms with Crippen LogP contribution in [0.1, 0.15) is 56.4 Å². The van der Waals surface area contributed by atoms with E-state index in [2.05, 4.69) is 34.0 Å². The highest BCUT2D eigenvalue weighted by molar-refractivity contribution is 7.93. The van der Waals surface area contributed by atoms with Crippen LogP contribution in [0.5, 0.6) is 0 Å². The topological polar surface area (TPSA) is 74.3 Å². The first-order chi connectivity index (χ1) is 14.3. The number of nitrogens with one attached hydrogen (secondary N) is 2. The number of nitrogens with zero attached hydrogens (tertiary/aromatic N) is 2. The van der Waals surface area contributed by atoms with E-state index in [0.717, 1.165) is 61.1 Å². The van der Waals surface area contributed by atoms with E-state index in [4.69, 9.17) is 0 Å². The first-order valence-electron chi connectivity index (χ1n) is 10.5. The van der Waals surface area contributed by atoms with Crippen LogP contribution in [0, 0.1) is 5.82 Å². The number of benzene rings is 1. The number of rotatable bonds is 7. The smallest absolute Gasteiger partial charge is 0.266 e. The molecule has 6 nitrogen and oxygen atoms in total. The third kappa shape index (κ3) is 4.48. The van der Waals surface area contributed by atoms with Gasteiger partial charge in [0.2, 0.25) is 0 Å². The zero-order valence-electron chi connectivity index (χ0n) is 17.4. The molecule has 0 saturated heterocycles. The number of anilines is 2. The van der Waals surface area contributed by atoms with Gasteiger partial charge in [-0.2, -0.15) is 0 Å². The molecule has 0 unspecified atom stereocenters. The second-order valence-electron chi connectivity index (χ2n) is 8.51. The molecular weight excluding hydrogens is 423 g/mol. The summed E-state index contributed by atoms with van der Waals surface area (Å²) in [6, 6.07) is 3.52. The van der Waals surface area contributed by atoms with Crippen molar-refractivity contribution < 1.29 is 12.8 Å². The lowest BCUT2D eigenvalue weighted by Crippen LogP contribution is -2.45. The van der Waals surface area contributed by atoms with Gasteiger partial charge in [-0.3, -0.25) is 4.72 Å². The van der Waals surface area contributed by atoms with Gasteiger partial charge in [-0.05, 0) is 63.4 Å². The van der Waals surface area contributed by atoms with Crippen LogP contribution >= 0.6 is 11.3 Å². The van der Waals surface area contributed by atoms with E-state index in [1.165, 1.54) is 24.8 Å². The van der Waals surface area contributed by atoms with Crippen molar-refractivity contribution in [2.24, 2.45) is 0 Å². The van der Waals surface area contributed by atoms with E-state index < -0.39 is 15.8 Å². The molecule has 2 aromatic rings. The predicted molar refractivity (Wildman–Crippen MR) is 119 cm³/mol. The van der Waals surface area contributed by atoms with Gasteiger partial charge < -0.3 is 10.2 Å². The van der Waals surface area contributed by atoms with Crippen LogP contribution in [0.25, 0.3) is 0 Å². The van der Waals surface area contributed by atoms with Crippen LogP contribution in [0.3, 0.4) is 0 Å². The molecule has 1 aromatic carbocycles. The van der Waals surface area contributed by atoms with Gasteiger partial charge in [0, 0.05) is 29.3 Å². The van der Waals surface area contributed by atoms with Crippen molar-refractivity contribution in [3.8, 4) is 0 Å². The number of sulfonamides is 1. The Hall–Kier alpha value is -1.71. The maximum Gasteiger partial charge on any atom is 0.266 e. The Kier molecular flexibility index (Phi) is 6.31. The molecule has 2 N–H and O–H groups in total. The van der Waals surface area contributed by atoms with E-state index in [1.807, 2.05) is 0 Å². The summed E-state index contributed by atoms with van der Waals surface area (Å²) in [5.41, 5.74) is 1.65. The fourth-order valence-corrected chi connectivity index (χ4v) is 6.38. The standard InChI is InChI=1S/C21H29FN4O2S2/c1-26(2)19-9-4-3-8-17(19)24-18-13-16(22)20(12-15(18)14-6-5-7-14)30(27,28)25-21-23-10-11-29-21/h10-14,17,19,24H,3-9H2,1-2H3,(H,23,25)/t17-,19-/m0/s1. The van der Waals surface area contributed by atoms with E-state index in [-0.39, 0.29) is 22.0 Å². The highest BCUT2D eigenvalue weighted by Gasteiger charge is 2.31. The minimum absolute atomic E-state index is 0.225. The summed E-state index contributed by atoms with van der Waals surface area (Å²) in [4.78, 5) is 5.87. The Labute approximate surface area is 182 Å². The zero-order valence-corrected chi connectivity index (χ0v) is 19.0. The SMILES string of the molecule is CN(C)[C@H]1CCCC[C@@H]1Nc1cc(F)c(S(=O)(=O)Nc2nccs2)cc1C1CCC1. The Morgan fingerprint density at radius 2 is 1.90 bits per heavy atom. The summed E-state index contributed by atoms with van der Waals surface area (Å²) in [7, 11) is 0.122. The first kappa shape index (κ1) is 21.5. The van der Waals surface area contributed by atoms with Gasteiger partial charge in [0.05, 0.1) is 0 Å². The molecule has 0 radical (unpaired) electrons. The monoisotopic (exact) mass is 452 g/mol. The highest BCUT2D eigenvalue weighted by atomic mass is 32.2. The molecule has 1 aromatic heterocycles. The van der Waals surface area contributed by atoms with Crippen LogP contribution in [0.2, 0.25) is 0 Å². The molecule has 30 heavy (non-hydrogen) atoms. The molecule has 0 amide bonds. The molecule has 2 atom stereocenters. The Bertz CT molecular complexity index is 975. The maximum atomic E-state index is 15.1. The van der Waals surface area contributed by atoms with Crippen molar-refractivity contribution in [2.75, 3.05) is 24.1 Å². The van der Waals surface area contributed by atoms with Gasteiger partial charge in [-0.15, -0.1) is 11.3 Å². The molecule has 2 aliphatic rings. The van der Waals surface area contributed by atoms with Crippen LogP contribution in [0.15, 0.2) is 28.6 Å². The summed E-state index contributed by atoms with van der Waals surface area (Å²) < 4.78 is 43.1. The Balaban J connectivity index is 1.67. The van der Waals surface area contributed by atoms with Crippen LogP contribution < -0.4 is 10.0 Å². The summed E-state index contributed by atoms with van der Waals surface area (Å²) in [6.45, 7) is 0. The third-order valence-electron chi connectivity index (χ3n) is 6.33. The lowest BCUT2D eigenvalue weighted by Gasteiger charge is -2.38. The third-order valence-corrected chi connectivity index (χ3v) is 8.50. The number of halogens is 1. The number of thiazole rings is 1. The van der Waals surface area contributed by atoms with Gasteiger partial charge in [-0.1, -0.05) is 19.3 Å². The van der Waals surface area contributed by atoms with E-state index >= 15 is 4.39 Å². The van der Waals surface area contributed by atoms with Crippen LogP contribution in [-0.2, 0) is 10.0 Å². The molecular formula is C21H29FN4O2S2. The molecule has 2 aliphatic carbocycles. The van der Waals surface area contributed by atoms with Crippen molar-refractivity contribution in [1.29, 1.82) is 0 Å². The number of likely N-dealkylation sites (N-methyl/N-ethyl adjacent to an activating group) is 1. The van der Waals surface area contributed by atoms with Crippen molar-refractivity contribution in [3.63, 3.8) is 0 Å². The fourth-order valence-electron chi connectivity index (χ4n) is 4.50. The number of hydrogen-bond donors (Lipinski definition) is 2. The minimum atomic E-state index is -4.04. The lowest BCUT2D eigenvalue weighted by molar-refractivity contribution is 0.211. The lowest BCUT2D eigenvalue weighted by atomic mass is 9.79. The molecule has 1 heterocycles. The van der Waals surface area contributed by atoms with Gasteiger partial charge in [0.15, 0.2) is 5.13 Å². The predicted octanol–water partition coefficient (Wildman–Crippen LogP) is 4.64. The summed E-state index contributed by atoms with van der Waals surface area (Å²) >= 11 is 1.16. The van der Waals surface area contributed by atoms with Crippen LogP contribution in [0.4, 0.5) is 15.2 Å². The second kappa shape index (κ2) is 8.80. The van der Waals surface area contributed by atoms with Gasteiger partial charge in [0.25, 0.3) is 10.0 Å². The molecule has 2 fully saturated rings. The average molecular weight is 453 g/mol. The molecule has 0 aliphatic heterocycles.